The number of unbranched alkanes of at least 4 members (excludes halogenated alkanes) is 1. The average Bonchev–Trinajstić information content (AvgIpc) is 2.78. The van der Waals surface area contributed by atoms with Crippen LogP contribution in [0.4, 0.5) is 0 Å². The largest absolute Gasteiger partial charge is 0.497 e. The number of nitrogens with zero attached hydrogens (tertiary/aromatic N) is 1. The van der Waals surface area contributed by atoms with E-state index >= 15 is 0 Å². The molecule has 6 nitrogen and oxygen atoms in total. The van der Waals surface area contributed by atoms with E-state index in [-0.39, 0.29) is 18.1 Å². The lowest BCUT2D eigenvalue weighted by molar-refractivity contribution is -0.0960. The van der Waals surface area contributed by atoms with Crippen LogP contribution in [0.5, 0.6) is 11.5 Å². The van der Waals surface area contributed by atoms with Crippen LogP contribution in [-0.2, 0) is 4.74 Å². The van der Waals surface area contributed by atoms with E-state index in [1.165, 1.54) is 0 Å². The van der Waals surface area contributed by atoms with Crippen molar-refractivity contribution in [3.8, 4) is 11.5 Å². The molecular formula is C23H28N2O4. The number of ether oxygens (including phenoxy) is 3. The zero-order valence-electron chi connectivity index (χ0n) is 16.8. The highest BCUT2D eigenvalue weighted by Crippen LogP contribution is 2.38. The number of carbonyl (C=O) groups is 1. The van der Waals surface area contributed by atoms with Crippen molar-refractivity contribution < 1.29 is 19.0 Å². The number of para-hydroxylation sites is 1. The van der Waals surface area contributed by atoms with Crippen molar-refractivity contribution >= 4 is 5.91 Å². The molecule has 1 fully saturated rings. The maximum absolute atomic E-state index is 12.2. The lowest BCUT2D eigenvalue weighted by atomic mass is 9.96. The molecule has 1 saturated heterocycles. The Morgan fingerprint density at radius 1 is 1.17 bits per heavy atom. The maximum atomic E-state index is 12.2. The fourth-order valence-corrected chi connectivity index (χ4v) is 4.04. The van der Waals surface area contributed by atoms with Crippen molar-refractivity contribution in [1.29, 1.82) is 0 Å². The van der Waals surface area contributed by atoms with Gasteiger partial charge in [0.05, 0.1) is 19.8 Å². The number of rotatable bonds is 7. The number of benzene rings is 2. The van der Waals surface area contributed by atoms with Crippen molar-refractivity contribution in [2.24, 2.45) is 0 Å². The fourth-order valence-electron chi connectivity index (χ4n) is 4.04. The van der Waals surface area contributed by atoms with Crippen LogP contribution in [0.1, 0.15) is 34.9 Å². The second kappa shape index (κ2) is 9.29. The number of hydrogen-bond donors (Lipinski definition) is 1. The molecule has 1 N–H and O–H groups in total. The summed E-state index contributed by atoms with van der Waals surface area (Å²) in [6.07, 6.45) is 2.05. The molecule has 154 valence electrons. The predicted molar refractivity (Wildman–Crippen MR) is 111 cm³/mol. The van der Waals surface area contributed by atoms with Gasteiger partial charge in [-0.3, -0.25) is 9.69 Å². The summed E-state index contributed by atoms with van der Waals surface area (Å²) in [7, 11) is 1.62. The minimum atomic E-state index is -0.0450. The van der Waals surface area contributed by atoms with Gasteiger partial charge in [-0.15, -0.1) is 0 Å². The van der Waals surface area contributed by atoms with Crippen molar-refractivity contribution in [1.82, 2.24) is 10.2 Å². The monoisotopic (exact) mass is 396 g/mol. The van der Waals surface area contributed by atoms with E-state index in [0.29, 0.717) is 18.7 Å². The predicted octanol–water partition coefficient (Wildman–Crippen LogP) is 3.04. The number of morpholine rings is 1. The molecule has 2 heterocycles. The van der Waals surface area contributed by atoms with Gasteiger partial charge in [0.25, 0.3) is 5.91 Å². The average molecular weight is 396 g/mol. The van der Waals surface area contributed by atoms with Crippen LogP contribution in [-0.4, -0.2) is 56.8 Å². The van der Waals surface area contributed by atoms with Crippen molar-refractivity contribution in [2.75, 3.05) is 40.0 Å². The third-order valence-corrected chi connectivity index (χ3v) is 5.64. The van der Waals surface area contributed by atoms with Gasteiger partial charge in [-0.25, -0.2) is 0 Å². The molecule has 0 aromatic heterocycles. The highest BCUT2D eigenvalue weighted by molar-refractivity contribution is 5.94. The number of nitrogens with one attached hydrogen (secondary N) is 1. The first kappa shape index (κ1) is 19.7. The lowest BCUT2D eigenvalue weighted by Gasteiger charge is -2.44. The zero-order valence-corrected chi connectivity index (χ0v) is 16.8. The van der Waals surface area contributed by atoms with Gasteiger partial charge in [0.15, 0.2) is 0 Å². The highest BCUT2D eigenvalue weighted by atomic mass is 16.5. The number of methoxy groups -OCH3 is 1. The SMILES string of the molecule is COc1ccc(C(=O)NCCCCN2CCO[C@@H]3c4ccccc4OC[C@H]32)cc1. The number of amides is 1. The number of hydrogen-bond acceptors (Lipinski definition) is 5. The molecule has 0 aliphatic carbocycles. The van der Waals surface area contributed by atoms with Crippen molar-refractivity contribution in [3.05, 3.63) is 59.7 Å². The summed E-state index contributed by atoms with van der Waals surface area (Å²) in [4.78, 5) is 14.7. The summed E-state index contributed by atoms with van der Waals surface area (Å²) >= 11 is 0. The Morgan fingerprint density at radius 2 is 2.00 bits per heavy atom. The van der Waals surface area contributed by atoms with E-state index in [2.05, 4.69) is 16.3 Å². The van der Waals surface area contributed by atoms with Gasteiger partial charge >= 0.3 is 0 Å². The van der Waals surface area contributed by atoms with Crippen LogP contribution >= 0.6 is 0 Å². The van der Waals surface area contributed by atoms with Gasteiger partial charge in [0.2, 0.25) is 0 Å². The van der Waals surface area contributed by atoms with Crippen LogP contribution < -0.4 is 14.8 Å². The quantitative estimate of drug-likeness (QED) is 0.729. The molecule has 2 aromatic carbocycles. The Balaban J connectivity index is 1.22. The summed E-state index contributed by atoms with van der Waals surface area (Å²) in [5.41, 5.74) is 1.81. The summed E-state index contributed by atoms with van der Waals surface area (Å²) in [5, 5.41) is 3.00. The van der Waals surface area contributed by atoms with Gasteiger partial charge in [0, 0.05) is 24.2 Å². The van der Waals surface area contributed by atoms with Crippen molar-refractivity contribution in [2.45, 2.75) is 25.0 Å². The molecule has 0 spiro atoms. The third kappa shape index (κ3) is 4.54. The Labute approximate surface area is 171 Å². The van der Waals surface area contributed by atoms with E-state index in [9.17, 15) is 4.79 Å². The van der Waals surface area contributed by atoms with Crippen LogP contribution in [0.3, 0.4) is 0 Å². The minimum absolute atomic E-state index is 0.0450. The van der Waals surface area contributed by atoms with Gasteiger partial charge in [0.1, 0.15) is 24.2 Å². The molecule has 0 saturated carbocycles. The Bertz CT molecular complexity index is 824. The summed E-state index contributed by atoms with van der Waals surface area (Å²) in [6, 6.07) is 15.6. The first-order valence-electron chi connectivity index (χ1n) is 10.3. The summed E-state index contributed by atoms with van der Waals surface area (Å²) in [5.74, 6) is 1.65. The maximum Gasteiger partial charge on any atom is 0.251 e. The molecule has 1 amide bonds. The standard InChI is InChI=1S/C23H28N2O4/c1-27-18-10-8-17(9-11-18)23(26)24-12-4-5-13-25-14-15-28-22-19-6-2-3-7-21(19)29-16-20(22)25/h2-3,6-11,20,22H,4-5,12-16H2,1H3,(H,24,26)/t20-,22-/m1/s1. The highest BCUT2D eigenvalue weighted by Gasteiger charge is 2.38. The van der Waals surface area contributed by atoms with Gasteiger partial charge < -0.3 is 19.5 Å². The van der Waals surface area contributed by atoms with Crippen LogP contribution in [0, 0.1) is 0 Å². The molecule has 2 aliphatic rings. The molecule has 6 heteroatoms. The van der Waals surface area contributed by atoms with Gasteiger partial charge in [-0.1, -0.05) is 18.2 Å². The van der Waals surface area contributed by atoms with E-state index in [0.717, 1.165) is 49.6 Å². The Hall–Kier alpha value is -2.57. The minimum Gasteiger partial charge on any atom is -0.497 e. The number of fused-ring (bicyclic) bond motifs is 3. The molecule has 4 rings (SSSR count). The molecule has 2 atom stereocenters. The van der Waals surface area contributed by atoms with Crippen molar-refractivity contribution in [3.63, 3.8) is 0 Å². The normalized spacial score (nSPS) is 20.9. The molecular weight excluding hydrogens is 368 g/mol. The first-order valence-corrected chi connectivity index (χ1v) is 10.3. The zero-order chi connectivity index (χ0) is 20.1. The molecule has 2 aliphatic heterocycles. The number of carbonyl (C=O) groups excluding carboxylic acids is 1. The third-order valence-electron chi connectivity index (χ3n) is 5.64. The Kier molecular flexibility index (Phi) is 6.32. The molecule has 0 bridgehead atoms. The fraction of sp³-hybridized carbons (Fsp3) is 0.435. The Morgan fingerprint density at radius 3 is 2.83 bits per heavy atom. The van der Waals surface area contributed by atoms with E-state index in [1.807, 2.05) is 18.2 Å². The van der Waals surface area contributed by atoms with Crippen LogP contribution in [0.15, 0.2) is 48.5 Å². The van der Waals surface area contributed by atoms with Gasteiger partial charge in [-0.05, 0) is 49.7 Å². The van der Waals surface area contributed by atoms with Crippen LogP contribution in [0.2, 0.25) is 0 Å². The summed E-state index contributed by atoms with van der Waals surface area (Å²) < 4.78 is 17.2. The van der Waals surface area contributed by atoms with Gasteiger partial charge in [-0.2, -0.15) is 0 Å². The van der Waals surface area contributed by atoms with E-state index in [4.69, 9.17) is 14.2 Å². The molecule has 29 heavy (non-hydrogen) atoms. The topological polar surface area (TPSA) is 60.0 Å². The second-order valence-electron chi connectivity index (χ2n) is 7.44. The second-order valence-corrected chi connectivity index (χ2v) is 7.44. The summed E-state index contributed by atoms with van der Waals surface area (Å²) in [6.45, 7) is 3.97. The van der Waals surface area contributed by atoms with E-state index in [1.54, 1.807) is 31.4 Å². The molecule has 2 aromatic rings. The van der Waals surface area contributed by atoms with Crippen LogP contribution in [0.25, 0.3) is 0 Å². The molecule has 0 radical (unpaired) electrons. The lowest BCUT2D eigenvalue weighted by Crippen LogP contribution is -2.52. The smallest absolute Gasteiger partial charge is 0.251 e. The first-order chi connectivity index (χ1) is 14.3. The van der Waals surface area contributed by atoms with E-state index < -0.39 is 0 Å². The molecule has 0 unspecified atom stereocenters.